The maximum Gasteiger partial charge on any atom is 0.333 e. The van der Waals surface area contributed by atoms with E-state index in [4.69, 9.17) is 28.4 Å². The number of rotatable bonds is 16. The van der Waals surface area contributed by atoms with Crippen LogP contribution in [0.15, 0.2) is 48.6 Å². The molecule has 34 heavy (non-hydrogen) atoms. The lowest BCUT2D eigenvalue weighted by atomic mass is 10.4. The summed E-state index contributed by atoms with van der Waals surface area (Å²) in [7, 11) is 0. The lowest BCUT2D eigenvalue weighted by Gasteiger charge is -2.06. The largest absolute Gasteiger partial charge is 0.460 e. The predicted molar refractivity (Wildman–Crippen MR) is 125 cm³/mol. The van der Waals surface area contributed by atoms with Gasteiger partial charge in [0.15, 0.2) is 0 Å². The van der Waals surface area contributed by atoms with E-state index in [9.17, 15) is 19.2 Å². The van der Waals surface area contributed by atoms with Gasteiger partial charge in [-0.25, -0.2) is 19.2 Å². The maximum atomic E-state index is 10.9. The predicted octanol–water partition coefficient (Wildman–Crippen LogP) is 2.48. The second-order valence-corrected chi connectivity index (χ2v) is 6.89. The second-order valence-electron chi connectivity index (χ2n) is 6.89. The Labute approximate surface area is 201 Å². The molecule has 0 unspecified atom stereocenters. The summed E-state index contributed by atoms with van der Waals surface area (Å²) in [5.74, 6) is -1.77. The Morgan fingerprint density at radius 3 is 0.735 bits per heavy atom. The van der Waals surface area contributed by atoms with E-state index in [2.05, 4.69) is 26.3 Å². The van der Waals surface area contributed by atoms with E-state index in [1.54, 1.807) is 27.7 Å². The van der Waals surface area contributed by atoms with Gasteiger partial charge in [0.05, 0.1) is 26.4 Å². The quantitative estimate of drug-likeness (QED) is 0.140. The first-order chi connectivity index (χ1) is 15.9. The van der Waals surface area contributed by atoms with Gasteiger partial charge in [0.2, 0.25) is 0 Å². The van der Waals surface area contributed by atoms with Crippen molar-refractivity contribution in [3.05, 3.63) is 48.6 Å². The fourth-order valence-corrected chi connectivity index (χ4v) is 1.47. The normalized spacial score (nSPS) is 9.53. The minimum atomic E-state index is -0.442. The molecule has 0 rings (SSSR count). The van der Waals surface area contributed by atoms with E-state index < -0.39 is 23.9 Å². The molecule has 0 aliphatic carbocycles. The summed E-state index contributed by atoms with van der Waals surface area (Å²) in [6.07, 6.45) is 0. The van der Waals surface area contributed by atoms with Crippen LogP contribution in [0.4, 0.5) is 0 Å². The third-order valence-corrected chi connectivity index (χ3v) is 3.24. The van der Waals surface area contributed by atoms with E-state index in [0.717, 1.165) is 0 Å². The molecule has 10 heteroatoms. The molecule has 10 nitrogen and oxygen atoms in total. The minimum absolute atomic E-state index is 0.153. The highest BCUT2D eigenvalue weighted by atomic mass is 16.6. The second kappa shape index (κ2) is 20.4. The lowest BCUT2D eigenvalue weighted by molar-refractivity contribution is -0.143. The molecule has 0 fully saturated rings. The van der Waals surface area contributed by atoms with Crippen LogP contribution < -0.4 is 0 Å². The summed E-state index contributed by atoms with van der Waals surface area (Å²) in [5, 5.41) is 0. The molecule has 0 amide bonds. The molecule has 0 aliphatic rings. The van der Waals surface area contributed by atoms with Gasteiger partial charge >= 0.3 is 23.9 Å². The molecule has 0 atom stereocenters. The zero-order valence-electron chi connectivity index (χ0n) is 20.6. The Bertz CT molecular complexity index is 614. The van der Waals surface area contributed by atoms with E-state index in [0.29, 0.717) is 22.3 Å². The van der Waals surface area contributed by atoms with E-state index in [1.807, 2.05) is 0 Å². The molecule has 0 N–H and O–H groups in total. The molecule has 0 bridgehead atoms. The molecule has 0 aliphatic heterocycles. The van der Waals surface area contributed by atoms with Crippen LogP contribution in [0, 0.1) is 0 Å². The fraction of sp³-hybridized carbons (Fsp3) is 0.500. The van der Waals surface area contributed by atoms with Crippen LogP contribution >= 0.6 is 0 Å². The molecule has 0 saturated heterocycles. The average molecular weight is 485 g/mol. The third kappa shape index (κ3) is 20.7. The van der Waals surface area contributed by atoms with Crippen LogP contribution in [0.1, 0.15) is 27.7 Å². The number of hydrogen-bond donors (Lipinski definition) is 0. The Hall–Kier alpha value is -3.24. The van der Waals surface area contributed by atoms with Crippen molar-refractivity contribution < 1.29 is 47.6 Å². The van der Waals surface area contributed by atoms with Crippen LogP contribution in [0.25, 0.3) is 0 Å². The first-order valence-corrected chi connectivity index (χ1v) is 10.4. The summed E-state index contributed by atoms with van der Waals surface area (Å²) in [4.78, 5) is 43.8. The Morgan fingerprint density at radius 1 is 0.412 bits per heavy atom. The van der Waals surface area contributed by atoms with E-state index in [1.165, 1.54) is 0 Å². The average Bonchev–Trinajstić information content (AvgIpc) is 2.77. The van der Waals surface area contributed by atoms with Crippen LogP contribution in [0.5, 0.6) is 0 Å². The summed E-state index contributed by atoms with van der Waals surface area (Å²) >= 11 is 0. The molecule has 0 aromatic carbocycles. The van der Waals surface area contributed by atoms with Crippen molar-refractivity contribution >= 4 is 23.9 Å². The molecule has 0 aromatic rings. The lowest BCUT2D eigenvalue weighted by Crippen LogP contribution is -2.14. The Morgan fingerprint density at radius 2 is 0.588 bits per heavy atom. The molecular weight excluding hydrogens is 448 g/mol. The van der Waals surface area contributed by atoms with Crippen LogP contribution in [0.2, 0.25) is 0 Å². The highest BCUT2D eigenvalue weighted by molar-refractivity contribution is 5.88. The Kier molecular flexibility index (Phi) is 19.7. The topological polar surface area (TPSA) is 124 Å². The van der Waals surface area contributed by atoms with Crippen LogP contribution in [0.3, 0.4) is 0 Å². The van der Waals surface area contributed by atoms with Crippen molar-refractivity contribution in [1.82, 2.24) is 0 Å². The zero-order valence-corrected chi connectivity index (χ0v) is 20.6. The van der Waals surface area contributed by atoms with E-state index in [-0.39, 0.29) is 52.9 Å². The smallest absolute Gasteiger partial charge is 0.333 e. The van der Waals surface area contributed by atoms with Gasteiger partial charge in [0, 0.05) is 22.3 Å². The van der Waals surface area contributed by atoms with Crippen molar-refractivity contribution in [3.63, 3.8) is 0 Å². The summed E-state index contributed by atoms with van der Waals surface area (Å²) in [6, 6.07) is 0. The number of hydrogen-bond acceptors (Lipinski definition) is 10. The van der Waals surface area contributed by atoms with Gasteiger partial charge in [-0.05, 0) is 27.7 Å². The van der Waals surface area contributed by atoms with Gasteiger partial charge in [-0.3, -0.25) is 0 Å². The molecular formula is C24H36O10. The highest BCUT2D eigenvalue weighted by Gasteiger charge is 2.05. The maximum absolute atomic E-state index is 10.9. The van der Waals surface area contributed by atoms with Gasteiger partial charge < -0.3 is 28.4 Å². The monoisotopic (exact) mass is 484 g/mol. The SMILES string of the molecule is C=C(C)C(=O)OCCOCCOC(=O)C(=C)C.C=C(C)C(=O)OCCOCCOC(=O)C(=C)C. The van der Waals surface area contributed by atoms with E-state index >= 15 is 0 Å². The van der Waals surface area contributed by atoms with Crippen molar-refractivity contribution in [2.24, 2.45) is 0 Å². The third-order valence-electron chi connectivity index (χ3n) is 3.24. The molecule has 192 valence electrons. The van der Waals surface area contributed by atoms with Crippen molar-refractivity contribution in [2.45, 2.75) is 27.7 Å². The molecule has 0 spiro atoms. The highest BCUT2D eigenvalue weighted by Crippen LogP contribution is 1.94. The van der Waals surface area contributed by atoms with Gasteiger partial charge in [0.1, 0.15) is 26.4 Å². The van der Waals surface area contributed by atoms with Crippen LogP contribution in [-0.2, 0) is 47.6 Å². The number of carbonyl (C=O) groups is 4. The molecule has 0 saturated carbocycles. The standard InChI is InChI=1S/2C12H18O5/c2*1-9(2)11(13)16-7-5-15-6-8-17-12(14)10(3)4/h2*1,3,5-8H2,2,4H3. The Balaban J connectivity index is 0. The molecule has 0 heterocycles. The van der Waals surface area contributed by atoms with Crippen molar-refractivity contribution in [2.75, 3.05) is 52.9 Å². The first-order valence-electron chi connectivity index (χ1n) is 10.4. The van der Waals surface area contributed by atoms with Gasteiger partial charge in [-0.15, -0.1) is 0 Å². The fourth-order valence-electron chi connectivity index (χ4n) is 1.47. The van der Waals surface area contributed by atoms with Crippen molar-refractivity contribution in [3.8, 4) is 0 Å². The summed E-state index contributed by atoms with van der Waals surface area (Å²) in [6.45, 7) is 21.7. The summed E-state index contributed by atoms with van der Waals surface area (Å²) in [5.41, 5.74) is 1.39. The van der Waals surface area contributed by atoms with Crippen molar-refractivity contribution in [1.29, 1.82) is 0 Å². The van der Waals surface area contributed by atoms with Gasteiger partial charge in [0.25, 0.3) is 0 Å². The molecule has 0 radical (unpaired) electrons. The summed E-state index contributed by atoms with van der Waals surface area (Å²) < 4.78 is 29.3. The molecule has 0 aromatic heterocycles. The minimum Gasteiger partial charge on any atom is -0.460 e. The van der Waals surface area contributed by atoms with Crippen LogP contribution in [-0.4, -0.2) is 76.7 Å². The zero-order chi connectivity index (χ0) is 26.5. The number of carbonyl (C=O) groups excluding carboxylic acids is 4. The van der Waals surface area contributed by atoms with Gasteiger partial charge in [-0.2, -0.15) is 0 Å². The van der Waals surface area contributed by atoms with Gasteiger partial charge in [-0.1, -0.05) is 26.3 Å². The number of ether oxygens (including phenoxy) is 6. The number of esters is 4. The first kappa shape index (κ1) is 32.9.